The molecule has 0 aliphatic heterocycles. The van der Waals surface area contributed by atoms with E-state index in [-0.39, 0.29) is 16.9 Å². The summed E-state index contributed by atoms with van der Waals surface area (Å²) in [7, 11) is 0. The van der Waals surface area contributed by atoms with Crippen LogP contribution in [0.3, 0.4) is 0 Å². The van der Waals surface area contributed by atoms with Crippen molar-refractivity contribution in [3.63, 3.8) is 0 Å². The van der Waals surface area contributed by atoms with E-state index < -0.39 is 10.7 Å². The number of nitro benzene ring substituents is 1. The Morgan fingerprint density at radius 2 is 2.37 bits per heavy atom. The van der Waals surface area contributed by atoms with Gasteiger partial charge in [-0.2, -0.15) is 0 Å². The van der Waals surface area contributed by atoms with Crippen LogP contribution in [-0.2, 0) is 0 Å². The molecule has 2 rings (SSSR count). The van der Waals surface area contributed by atoms with Crippen LogP contribution in [0.2, 0.25) is 0 Å². The number of rotatable bonds is 4. The summed E-state index contributed by atoms with van der Waals surface area (Å²) >= 11 is 0. The number of nitrogens with one attached hydrogen (secondary N) is 1. The number of hydrogen-bond acceptors (Lipinski definition) is 4. The number of hydrogen-bond donors (Lipinski definition) is 1. The highest BCUT2D eigenvalue weighted by atomic mass is 19.1. The molecule has 1 N–H and O–H groups in total. The van der Waals surface area contributed by atoms with Gasteiger partial charge >= 0.3 is 0 Å². The molecule has 0 fully saturated rings. The smallest absolute Gasteiger partial charge is 0.281 e. The lowest BCUT2D eigenvalue weighted by Crippen LogP contribution is -2.06. The number of halogens is 1. The monoisotopic (exact) mass is 261 g/mol. The van der Waals surface area contributed by atoms with Gasteiger partial charge in [0.1, 0.15) is 5.52 Å². The fourth-order valence-corrected chi connectivity index (χ4v) is 1.75. The number of pyridine rings is 1. The summed E-state index contributed by atoms with van der Waals surface area (Å²) in [6.07, 6.45) is 1.47. The van der Waals surface area contributed by atoms with Crippen molar-refractivity contribution in [2.75, 3.05) is 11.9 Å². The molecular weight excluding hydrogens is 249 g/mol. The van der Waals surface area contributed by atoms with Crippen molar-refractivity contribution in [2.24, 2.45) is 0 Å². The van der Waals surface area contributed by atoms with Gasteiger partial charge in [0.05, 0.1) is 22.1 Å². The Morgan fingerprint density at radius 3 is 3.00 bits per heavy atom. The number of anilines is 1. The summed E-state index contributed by atoms with van der Waals surface area (Å²) in [5.41, 5.74) is 0.933. The van der Waals surface area contributed by atoms with E-state index in [2.05, 4.69) is 16.9 Å². The van der Waals surface area contributed by atoms with Crippen LogP contribution in [0.4, 0.5) is 15.8 Å². The van der Waals surface area contributed by atoms with Gasteiger partial charge in [0, 0.05) is 12.7 Å². The third-order valence-electron chi connectivity index (χ3n) is 2.59. The molecule has 0 saturated carbocycles. The van der Waals surface area contributed by atoms with Crippen molar-refractivity contribution in [3.05, 3.63) is 52.5 Å². The average Bonchev–Trinajstić information content (AvgIpc) is 2.36. The maximum Gasteiger partial charge on any atom is 0.281 e. The van der Waals surface area contributed by atoms with Crippen LogP contribution in [0.15, 0.2) is 36.5 Å². The molecule has 1 heterocycles. The van der Waals surface area contributed by atoms with E-state index in [9.17, 15) is 14.5 Å². The number of aromatic nitrogens is 1. The van der Waals surface area contributed by atoms with Crippen LogP contribution in [-0.4, -0.2) is 16.5 Å². The number of non-ortho nitro benzene ring substituents is 1. The maximum atomic E-state index is 14.0. The molecule has 2 aromatic rings. The molecule has 0 unspecified atom stereocenters. The quantitative estimate of drug-likeness (QED) is 0.521. The molecule has 19 heavy (non-hydrogen) atoms. The lowest BCUT2D eigenvalue weighted by molar-refractivity contribution is -0.383. The van der Waals surface area contributed by atoms with Crippen LogP contribution in [0.1, 0.15) is 6.92 Å². The van der Waals surface area contributed by atoms with Crippen molar-refractivity contribution in [2.45, 2.75) is 6.92 Å². The predicted molar refractivity (Wildman–Crippen MR) is 71.7 cm³/mol. The van der Waals surface area contributed by atoms with Crippen molar-refractivity contribution in [3.8, 4) is 0 Å². The lowest BCUT2D eigenvalue weighted by atomic mass is 10.1. The maximum absolute atomic E-state index is 14.0. The van der Waals surface area contributed by atoms with Gasteiger partial charge in [-0.3, -0.25) is 15.1 Å². The Morgan fingerprint density at radius 1 is 1.63 bits per heavy atom. The summed E-state index contributed by atoms with van der Waals surface area (Å²) < 4.78 is 14.0. The van der Waals surface area contributed by atoms with E-state index in [1.807, 2.05) is 0 Å². The molecule has 1 aromatic carbocycles. The van der Waals surface area contributed by atoms with E-state index >= 15 is 0 Å². The molecule has 5 nitrogen and oxygen atoms in total. The van der Waals surface area contributed by atoms with Gasteiger partial charge in [0.2, 0.25) is 0 Å². The van der Waals surface area contributed by atoms with Gasteiger partial charge in [0.15, 0.2) is 5.82 Å². The topological polar surface area (TPSA) is 68.1 Å². The molecule has 0 aliphatic rings. The molecule has 0 saturated heterocycles. The second-order valence-electron chi connectivity index (χ2n) is 4.22. The molecule has 0 atom stereocenters. The highest BCUT2D eigenvalue weighted by Gasteiger charge is 2.19. The fourth-order valence-electron chi connectivity index (χ4n) is 1.75. The molecule has 98 valence electrons. The van der Waals surface area contributed by atoms with Crippen molar-refractivity contribution >= 4 is 22.3 Å². The van der Waals surface area contributed by atoms with Crippen LogP contribution < -0.4 is 5.32 Å². The summed E-state index contributed by atoms with van der Waals surface area (Å²) in [5.74, 6) is -0.695. The molecular formula is C13H12FN3O2. The second-order valence-corrected chi connectivity index (χ2v) is 4.22. The SMILES string of the molecule is C=C(C)CNc1c(F)cc([N+](=O)[O-])c2cccnc12. The highest BCUT2D eigenvalue weighted by molar-refractivity contribution is 5.97. The van der Waals surface area contributed by atoms with E-state index in [1.165, 1.54) is 6.20 Å². The second kappa shape index (κ2) is 5.01. The molecule has 1 aromatic heterocycles. The van der Waals surface area contributed by atoms with Gasteiger partial charge in [-0.25, -0.2) is 4.39 Å². The van der Waals surface area contributed by atoms with E-state index in [0.29, 0.717) is 11.9 Å². The van der Waals surface area contributed by atoms with Crippen molar-refractivity contribution in [1.82, 2.24) is 4.98 Å². The molecule has 0 amide bonds. The summed E-state index contributed by atoms with van der Waals surface area (Å²) in [5, 5.41) is 14.1. The molecule has 0 bridgehead atoms. The molecule has 6 heteroatoms. The van der Waals surface area contributed by atoms with Gasteiger partial charge in [-0.05, 0) is 19.1 Å². The van der Waals surface area contributed by atoms with Crippen LogP contribution in [0.5, 0.6) is 0 Å². The third-order valence-corrected chi connectivity index (χ3v) is 2.59. The Kier molecular flexibility index (Phi) is 3.41. The number of nitrogens with zero attached hydrogens (tertiary/aromatic N) is 2. The largest absolute Gasteiger partial charge is 0.377 e. The minimum atomic E-state index is -0.695. The normalized spacial score (nSPS) is 10.4. The standard InChI is InChI=1S/C13H12FN3O2/c1-8(2)7-16-13-10(14)6-11(17(18)19)9-4-3-5-15-12(9)13/h3-6,16H,1,7H2,2H3. The number of nitro groups is 1. The minimum Gasteiger partial charge on any atom is -0.377 e. The van der Waals surface area contributed by atoms with Gasteiger partial charge in [-0.1, -0.05) is 12.2 Å². The number of benzene rings is 1. The Bertz CT molecular complexity index is 670. The first kappa shape index (κ1) is 12.9. The predicted octanol–water partition coefficient (Wildman–Crippen LogP) is 3.27. The van der Waals surface area contributed by atoms with E-state index in [4.69, 9.17) is 0 Å². The zero-order valence-corrected chi connectivity index (χ0v) is 10.3. The summed E-state index contributed by atoms with van der Waals surface area (Å²) in [4.78, 5) is 14.3. The first-order valence-electron chi connectivity index (χ1n) is 5.60. The van der Waals surface area contributed by atoms with Crippen molar-refractivity contribution in [1.29, 1.82) is 0 Å². The van der Waals surface area contributed by atoms with Crippen LogP contribution in [0.25, 0.3) is 10.9 Å². The van der Waals surface area contributed by atoms with E-state index in [1.54, 1.807) is 19.1 Å². The van der Waals surface area contributed by atoms with Gasteiger partial charge < -0.3 is 5.32 Å². The minimum absolute atomic E-state index is 0.157. The fraction of sp³-hybridized carbons (Fsp3) is 0.154. The average molecular weight is 261 g/mol. The Labute approximate surface area is 108 Å². The molecule has 0 spiro atoms. The summed E-state index contributed by atoms with van der Waals surface area (Å²) in [6.45, 7) is 5.89. The molecule has 0 radical (unpaired) electrons. The van der Waals surface area contributed by atoms with Crippen LogP contribution in [0, 0.1) is 15.9 Å². The summed E-state index contributed by atoms with van der Waals surface area (Å²) in [6, 6.07) is 4.03. The Hall–Kier alpha value is -2.50. The first-order valence-corrected chi connectivity index (χ1v) is 5.60. The van der Waals surface area contributed by atoms with Gasteiger partial charge in [0.25, 0.3) is 5.69 Å². The number of fused-ring (bicyclic) bond motifs is 1. The molecule has 0 aliphatic carbocycles. The van der Waals surface area contributed by atoms with Gasteiger partial charge in [-0.15, -0.1) is 0 Å². The van der Waals surface area contributed by atoms with Crippen LogP contribution >= 0.6 is 0 Å². The third kappa shape index (κ3) is 2.52. The Balaban J connectivity index is 2.65. The highest BCUT2D eigenvalue weighted by Crippen LogP contribution is 2.32. The lowest BCUT2D eigenvalue weighted by Gasteiger charge is -2.10. The van der Waals surface area contributed by atoms with E-state index in [0.717, 1.165) is 11.6 Å². The first-order chi connectivity index (χ1) is 9.00. The zero-order valence-electron chi connectivity index (χ0n) is 10.3. The van der Waals surface area contributed by atoms with Crippen molar-refractivity contribution < 1.29 is 9.31 Å². The zero-order chi connectivity index (χ0) is 14.0.